The van der Waals surface area contributed by atoms with Crippen LogP contribution in [0.25, 0.3) is 0 Å². The number of rotatable bonds is 2. The van der Waals surface area contributed by atoms with Gasteiger partial charge in [-0.2, -0.15) is 4.40 Å². The summed E-state index contributed by atoms with van der Waals surface area (Å²) >= 11 is 3.33. The molecule has 0 radical (unpaired) electrons. The van der Waals surface area contributed by atoms with Crippen LogP contribution in [0.15, 0.2) is 27.2 Å². The van der Waals surface area contributed by atoms with Gasteiger partial charge in [-0.05, 0) is 32.9 Å². The van der Waals surface area contributed by atoms with Crippen molar-refractivity contribution in [2.75, 3.05) is 0 Å². The highest BCUT2D eigenvalue weighted by Crippen LogP contribution is 2.12. The molecule has 0 spiro atoms. The highest BCUT2D eigenvalue weighted by Gasteiger charge is 2.18. The number of hydrogen-bond donors (Lipinski definition) is 0. The highest BCUT2D eigenvalue weighted by atomic mass is 79.9. The van der Waals surface area contributed by atoms with Crippen molar-refractivity contribution >= 4 is 33.1 Å². The molecule has 5 heteroatoms. The molecule has 0 N–H and O–H groups in total. The fraction of sp³-hybridized carbons (Fsp3) is 0.400. The Labute approximate surface area is 101 Å². The molecule has 3 nitrogen and oxygen atoms in total. The molecule has 15 heavy (non-hydrogen) atoms. The number of nitrogens with zero attached hydrogens (tertiary/aromatic N) is 2. The molecule has 0 unspecified atom stereocenters. The number of aromatic nitrogens is 1. The Morgan fingerprint density at radius 1 is 1.53 bits per heavy atom. The summed E-state index contributed by atoms with van der Waals surface area (Å²) in [6.45, 7) is 5.65. The monoisotopic (exact) mass is 288 g/mol. The van der Waals surface area contributed by atoms with Crippen LogP contribution in [0.5, 0.6) is 0 Å². The third-order valence-corrected chi connectivity index (χ3v) is 3.39. The van der Waals surface area contributed by atoms with E-state index in [1.807, 2.05) is 32.9 Å². The summed E-state index contributed by atoms with van der Waals surface area (Å²) in [5.41, 5.74) is 0.696. The van der Waals surface area contributed by atoms with Crippen LogP contribution in [0.4, 0.5) is 0 Å². The van der Waals surface area contributed by atoms with E-state index in [0.717, 1.165) is 4.47 Å². The smallest absolute Gasteiger partial charge is 0.144 e. The van der Waals surface area contributed by atoms with Gasteiger partial charge < -0.3 is 0 Å². The topological polar surface area (TPSA) is 42.3 Å². The van der Waals surface area contributed by atoms with Crippen molar-refractivity contribution < 1.29 is 4.21 Å². The van der Waals surface area contributed by atoms with Crippen LogP contribution >= 0.6 is 15.9 Å². The first-order chi connectivity index (χ1) is 6.89. The molecule has 1 aromatic heterocycles. The second kappa shape index (κ2) is 4.99. The van der Waals surface area contributed by atoms with Gasteiger partial charge in [-0.1, -0.05) is 15.9 Å². The first kappa shape index (κ1) is 12.5. The number of pyridine rings is 1. The lowest BCUT2D eigenvalue weighted by Crippen LogP contribution is -2.19. The van der Waals surface area contributed by atoms with Crippen molar-refractivity contribution in [3.8, 4) is 0 Å². The number of halogens is 1. The Morgan fingerprint density at radius 3 is 2.73 bits per heavy atom. The third kappa shape index (κ3) is 4.22. The van der Waals surface area contributed by atoms with Crippen LogP contribution in [-0.4, -0.2) is 20.2 Å². The Balaban J connectivity index is 2.79. The van der Waals surface area contributed by atoms with Gasteiger partial charge in [-0.3, -0.25) is 4.98 Å². The van der Waals surface area contributed by atoms with Gasteiger partial charge in [0, 0.05) is 10.7 Å². The molecule has 1 heterocycles. The molecule has 1 aromatic rings. The maximum Gasteiger partial charge on any atom is 0.144 e. The van der Waals surface area contributed by atoms with Crippen molar-refractivity contribution in [2.24, 2.45) is 4.40 Å². The minimum Gasteiger partial charge on any atom is -0.255 e. The molecule has 0 amide bonds. The average Bonchev–Trinajstić information content (AvgIpc) is 2.12. The van der Waals surface area contributed by atoms with Gasteiger partial charge in [0.2, 0.25) is 0 Å². The fourth-order valence-corrected chi connectivity index (χ4v) is 1.62. The minimum atomic E-state index is -1.23. The van der Waals surface area contributed by atoms with Gasteiger partial charge in [0.1, 0.15) is 11.0 Å². The lowest BCUT2D eigenvalue weighted by molar-refractivity contribution is 0.651. The molecule has 0 bridgehead atoms. The van der Waals surface area contributed by atoms with Gasteiger partial charge >= 0.3 is 0 Å². The fourth-order valence-electron chi connectivity index (χ4n) is 0.752. The van der Waals surface area contributed by atoms with Gasteiger partial charge in [0.15, 0.2) is 0 Å². The van der Waals surface area contributed by atoms with E-state index in [1.54, 1.807) is 6.20 Å². The summed E-state index contributed by atoms with van der Waals surface area (Å²) in [6.07, 6.45) is 3.21. The van der Waals surface area contributed by atoms with Crippen LogP contribution in [0.1, 0.15) is 26.5 Å². The van der Waals surface area contributed by atoms with E-state index in [2.05, 4.69) is 25.3 Å². The van der Waals surface area contributed by atoms with E-state index in [4.69, 9.17) is 0 Å². The van der Waals surface area contributed by atoms with Gasteiger partial charge in [0.25, 0.3) is 0 Å². The summed E-state index contributed by atoms with van der Waals surface area (Å²) in [5.74, 6) is 0. The zero-order valence-electron chi connectivity index (χ0n) is 8.90. The van der Waals surface area contributed by atoms with Crippen molar-refractivity contribution in [2.45, 2.75) is 25.5 Å². The zero-order chi connectivity index (χ0) is 11.5. The van der Waals surface area contributed by atoms with Gasteiger partial charge in [-0.25, -0.2) is 4.21 Å². The average molecular weight is 289 g/mol. The second-order valence-corrected chi connectivity index (χ2v) is 6.84. The SMILES string of the molecule is CC(C)(C)[S@](=O)/N=C/c1cc(Br)ccn1. The molecular formula is C10H13BrN2OS. The summed E-state index contributed by atoms with van der Waals surface area (Å²) in [6, 6.07) is 3.65. The lowest BCUT2D eigenvalue weighted by Gasteiger charge is -2.12. The van der Waals surface area contributed by atoms with E-state index in [-0.39, 0.29) is 4.75 Å². The molecule has 0 aliphatic carbocycles. The van der Waals surface area contributed by atoms with Crippen LogP contribution in [0.3, 0.4) is 0 Å². The standard InChI is InChI=1S/C10H13BrN2OS/c1-10(2,3)15(14)13-7-9-6-8(11)4-5-12-9/h4-7H,1-3H3/b13-7+/t15-/m0/s1. The van der Waals surface area contributed by atoms with E-state index >= 15 is 0 Å². The predicted molar refractivity (Wildman–Crippen MR) is 67.4 cm³/mol. The molecular weight excluding hydrogens is 276 g/mol. The van der Waals surface area contributed by atoms with Crippen LogP contribution in [-0.2, 0) is 11.0 Å². The largest absolute Gasteiger partial charge is 0.255 e. The third-order valence-electron chi connectivity index (χ3n) is 1.55. The Kier molecular flexibility index (Phi) is 4.16. The minimum absolute atomic E-state index is 0.331. The lowest BCUT2D eigenvalue weighted by atomic mass is 10.3. The first-order valence-electron chi connectivity index (χ1n) is 4.47. The van der Waals surface area contributed by atoms with Crippen molar-refractivity contribution in [3.05, 3.63) is 28.5 Å². The molecule has 1 rings (SSSR count). The van der Waals surface area contributed by atoms with Gasteiger partial charge in [-0.15, -0.1) is 0 Å². The number of hydrogen-bond acceptors (Lipinski definition) is 2. The second-order valence-electron chi connectivity index (χ2n) is 3.99. The molecule has 0 aliphatic rings. The Morgan fingerprint density at radius 2 is 2.20 bits per heavy atom. The van der Waals surface area contributed by atoms with Crippen LogP contribution < -0.4 is 0 Å². The summed E-state index contributed by atoms with van der Waals surface area (Å²) in [7, 11) is -1.23. The first-order valence-corrected chi connectivity index (χ1v) is 6.37. The maximum absolute atomic E-state index is 11.6. The molecule has 0 fully saturated rings. The molecule has 1 atom stereocenters. The summed E-state index contributed by atoms with van der Waals surface area (Å²) in [5, 5.41) is 0. The molecule has 0 aliphatic heterocycles. The van der Waals surface area contributed by atoms with Crippen molar-refractivity contribution in [1.82, 2.24) is 4.98 Å². The Hall–Kier alpha value is -0.550. The zero-order valence-corrected chi connectivity index (χ0v) is 11.3. The Bertz CT molecular complexity index is 399. The molecule has 82 valence electrons. The summed E-state index contributed by atoms with van der Waals surface area (Å²) in [4.78, 5) is 4.08. The molecule has 0 saturated heterocycles. The normalized spacial score (nSPS) is 14.4. The van der Waals surface area contributed by atoms with E-state index in [9.17, 15) is 4.21 Å². The van der Waals surface area contributed by atoms with E-state index in [0.29, 0.717) is 5.69 Å². The van der Waals surface area contributed by atoms with Crippen molar-refractivity contribution in [3.63, 3.8) is 0 Å². The summed E-state index contributed by atoms with van der Waals surface area (Å²) < 4.78 is 16.2. The highest BCUT2D eigenvalue weighted by molar-refractivity contribution is 9.10. The predicted octanol–water partition coefficient (Wildman–Crippen LogP) is 2.73. The van der Waals surface area contributed by atoms with Crippen LogP contribution in [0.2, 0.25) is 0 Å². The van der Waals surface area contributed by atoms with Gasteiger partial charge in [0.05, 0.1) is 16.7 Å². The van der Waals surface area contributed by atoms with E-state index < -0.39 is 11.0 Å². The van der Waals surface area contributed by atoms with Crippen LogP contribution in [0, 0.1) is 0 Å². The molecule has 0 aromatic carbocycles. The molecule has 0 saturated carbocycles. The van der Waals surface area contributed by atoms with Crippen molar-refractivity contribution in [1.29, 1.82) is 0 Å². The quantitative estimate of drug-likeness (QED) is 0.786. The van der Waals surface area contributed by atoms with E-state index in [1.165, 1.54) is 6.21 Å². The maximum atomic E-state index is 11.6.